The summed E-state index contributed by atoms with van der Waals surface area (Å²) in [6.45, 7) is 1.45. The summed E-state index contributed by atoms with van der Waals surface area (Å²) in [5.74, 6) is 0. The Balaban J connectivity index is 6.28. The zero-order valence-corrected chi connectivity index (χ0v) is 12.0. The van der Waals surface area contributed by atoms with E-state index in [1.54, 1.807) is 0 Å². The molecule has 140 valence electrons. The van der Waals surface area contributed by atoms with E-state index in [2.05, 4.69) is 4.52 Å². The summed E-state index contributed by atoms with van der Waals surface area (Å²) < 4.78 is 154. The monoisotopic (exact) mass is 392 g/mol. The van der Waals surface area contributed by atoms with Crippen LogP contribution in [0.15, 0.2) is 0 Å². The summed E-state index contributed by atoms with van der Waals surface area (Å²) in [7, 11) is -5.08. The highest BCUT2D eigenvalue weighted by atomic mass is 31.1. The summed E-state index contributed by atoms with van der Waals surface area (Å²) >= 11 is 0. The lowest BCUT2D eigenvalue weighted by Gasteiger charge is -2.37. The fourth-order valence-electron chi connectivity index (χ4n) is 1.46. The van der Waals surface area contributed by atoms with Crippen molar-refractivity contribution < 1.29 is 57.2 Å². The van der Waals surface area contributed by atoms with Gasteiger partial charge in [-0.15, -0.1) is 0 Å². The number of hydrogen-bond acceptors (Lipinski definition) is 1. The number of halogens is 12. The third kappa shape index (κ3) is 6.52. The molecule has 0 atom stereocenters. The maximum Gasteiger partial charge on any atom is 0.406 e. The highest BCUT2D eigenvalue weighted by Crippen LogP contribution is 2.65. The summed E-state index contributed by atoms with van der Waals surface area (Å²) in [5.41, 5.74) is -9.78. The van der Waals surface area contributed by atoms with Crippen molar-refractivity contribution in [2.24, 2.45) is 0 Å². The van der Waals surface area contributed by atoms with Crippen molar-refractivity contribution in [3.63, 3.8) is 0 Å². The van der Waals surface area contributed by atoms with Crippen molar-refractivity contribution in [1.82, 2.24) is 0 Å². The SMILES string of the molecule is CC(C)OP(C(C(F)(F)F)C(F)(F)F)C(C(F)(F)F)C(F)(F)F. The average Bonchev–Trinajstić information content (AvgIpc) is 2.04. The van der Waals surface area contributed by atoms with Crippen LogP contribution in [0, 0.1) is 0 Å². The van der Waals surface area contributed by atoms with Crippen LogP contribution in [0.5, 0.6) is 0 Å². The first-order valence-electron chi connectivity index (χ1n) is 5.51. The third-order valence-electron chi connectivity index (χ3n) is 2.08. The second-order valence-electron chi connectivity index (χ2n) is 4.49. The fourth-order valence-corrected chi connectivity index (χ4v) is 3.65. The van der Waals surface area contributed by atoms with E-state index in [9.17, 15) is 52.7 Å². The molecule has 0 aliphatic heterocycles. The van der Waals surface area contributed by atoms with Gasteiger partial charge >= 0.3 is 24.7 Å². The van der Waals surface area contributed by atoms with Crippen LogP contribution in [0.25, 0.3) is 0 Å². The molecule has 0 aliphatic carbocycles. The lowest BCUT2D eigenvalue weighted by molar-refractivity contribution is -0.240. The van der Waals surface area contributed by atoms with Crippen molar-refractivity contribution in [2.75, 3.05) is 0 Å². The van der Waals surface area contributed by atoms with Gasteiger partial charge in [-0.3, -0.25) is 0 Å². The van der Waals surface area contributed by atoms with Crippen molar-refractivity contribution in [2.45, 2.75) is 56.0 Å². The summed E-state index contributed by atoms with van der Waals surface area (Å²) in [4.78, 5) is 0. The van der Waals surface area contributed by atoms with Gasteiger partial charge in [0.15, 0.2) is 11.3 Å². The van der Waals surface area contributed by atoms with Crippen LogP contribution < -0.4 is 0 Å². The molecule has 0 saturated carbocycles. The molecular weight excluding hydrogens is 383 g/mol. The van der Waals surface area contributed by atoms with Crippen LogP contribution in [0.1, 0.15) is 13.8 Å². The predicted octanol–water partition coefficient (Wildman–Crippen LogP) is 5.79. The van der Waals surface area contributed by atoms with E-state index in [1.807, 2.05) is 0 Å². The van der Waals surface area contributed by atoms with Gasteiger partial charge in [0.2, 0.25) is 0 Å². The Morgan fingerprint density at radius 1 is 0.565 bits per heavy atom. The van der Waals surface area contributed by atoms with Gasteiger partial charge in [-0.1, -0.05) is 0 Å². The Hall–Kier alpha value is -0.450. The van der Waals surface area contributed by atoms with Crippen molar-refractivity contribution in [3.8, 4) is 0 Å². The normalized spacial score (nSPS) is 15.4. The molecule has 0 heterocycles. The largest absolute Gasteiger partial charge is 0.406 e. The molecule has 14 heteroatoms. The van der Waals surface area contributed by atoms with Gasteiger partial charge in [0.25, 0.3) is 0 Å². The molecule has 1 nitrogen and oxygen atoms in total. The van der Waals surface area contributed by atoms with Crippen LogP contribution in [-0.4, -0.2) is 42.1 Å². The smallest absolute Gasteiger partial charge is 0.355 e. The average molecular weight is 392 g/mol. The Bertz CT molecular complexity index is 318. The second-order valence-corrected chi connectivity index (χ2v) is 6.45. The lowest BCUT2D eigenvalue weighted by atomic mass is 10.4. The van der Waals surface area contributed by atoms with Crippen molar-refractivity contribution in [1.29, 1.82) is 0 Å². The van der Waals surface area contributed by atoms with Gasteiger partial charge in [-0.05, 0) is 13.8 Å². The molecule has 0 amide bonds. The van der Waals surface area contributed by atoms with E-state index in [4.69, 9.17) is 0 Å². The molecule has 0 fully saturated rings. The quantitative estimate of drug-likeness (QED) is 0.435. The molecule has 0 N–H and O–H groups in total. The Morgan fingerprint density at radius 3 is 0.913 bits per heavy atom. The van der Waals surface area contributed by atoms with Crippen molar-refractivity contribution >= 4 is 8.15 Å². The zero-order chi connectivity index (χ0) is 19.0. The van der Waals surface area contributed by atoms with Crippen LogP contribution in [0.2, 0.25) is 0 Å². The fraction of sp³-hybridized carbons (Fsp3) is 1.00. The predicted molar refractivity (Wildman–Crippen MR) is 54.9 cm³/mol. The molecule has 23 heavy (non-hydrogen) atoms. The van der Waals surface area contributed by atoms with Gasteiger partial charge in [0.05, 0.1) is 14.3 Å². The summed E-state index contributed by atoms with van der Waals surface area (Å²) in [6, 6.07) is 0. The first kappa shape index (κ1) is 22.6. The van der Waals surface area contributed by atoms with Gasteiger partial charge in [0.1, 0.15) is 0 Å². The van der Waals surface area contributed by atoms with Gasteiger partial charge in [0, 0.05) is 0 Å². The van der Waals surface area contributed by atoms with E-state index in [-0.39, 0.29) is 0 Å². The van der Waals surface area contributed by atoms with Crippen LogP contribution in [-0.2, 0) is 4.52 Å². The topological polar surface area (TPSA) is 9.23 Å². The first-order chi connectivity index (χ1) is 9.79. The zero-order valence-electron chi connectivity index (χ0n) is 11.1. The number of alkyl halides is 12. The molecule has 0 aromatic carbocycles. The van der Waals surface area contributed by atoms with Crippen LogP contribution >= 0.6 is 8.15 Å². The van der Waals surface area contributed by atoms with E-state index in [0.29, 0.717) is 0 Å². The minimum absolute atomic E-state index is 0.725. The highest BCUT2D eigenvalue weighted by molar-refractivity contribution is 7.54. The van der Waals surface area contributed by atoms with E-state index < -0.39 is 50.3 Å². The second kappa shape index (κ2) is 6.81. The molecular formula is C9H9F12OP. The molecule has 0 saturated heterocycles. The van der Waals surface area contributed by atoms with E-state index >= 15 is 0 Å². The van der Waals surface area contributed by atoms with Crippen LogP contribution in [0.4, 0.5) is 52.7 Å². The minimum atomic E-state index is -6.40. The maximum absolute atomic E-state index is 12.5. The maximum atomic E-state index is 12.5. The molecule has 0 unspecified atom stereocenters. The number of hydrogen-bond donors (Lipinski definition) is 0. The Kier molecular flexibility index (Phi) is 6.68. The molecule has 0 aliphatic rings. The molecule has 0 bridgehead atoms. The summed E-state index contributed by atoms with van der Waals surface area (Å²) in [6.07, 6.45) is -27.3. The van der Waals surface area contributed by atoms with E-state index in [1.165, 1.54) is 0 Å². The summed E-state index contributed by atoms with van der Waals surface area (Å²) in [5, 5.41) is 0. The van der Waals surface area contributed by atoms with Gasteiger partial charge < -0.3 is 4.52 Å². The first-order valence-corrected chi connectivity index (χ1v) is 6.91. The number of rotatable bonds is 4. The van der Waals surface area contributed by atoms with Crippen LogP contribution in [0.3, 0.4) is 0 Å². The van der Waals surface area contributed by atoms with Gasteiger partial charge in [-0.2, -0.15) is 52.7 Å². The molecule has 0 aromatic rings. The molecule has 0 spiro atoms. The lowest BCUT2D eigenvalue weighted by Crippen LogP contribution is -2.50. The third-order valence-corrected chi connectivity index (χ3v) is 4.94. The Morgan fingerprint density at radius 2 is 0.783 bits per heavy atom. The Labute approximate surface area is 122 Å². The molecule has 0 rings (SSSR count). The van der Waals surface area contributed by atoms with E-state index in [0.717, 1.165) is 13.8 Å². The van der Waals surface area contributed by atoms with Crippen molar-refractivity contribution in [3.05, 3.63) is 0 Å². The molecule has 0 radical (unpaired) electrons. The van der Waals surface area contributed by atoms with Gasteiger partial charge in [-0.25, -0.2) is 0 Å². The highest BCUT2D eigenvalue weighted by Gasteiger charge is 2.71. The minimum Gasteiger partial charge on any atom is -0.355 e. The molecule has 0 aromatic heterocycles. The standard InChI is InChI=1S/C9H9F12OP/c1-3(2)22-23(4(6(10,11)12)7(13,14)15)5(8(16,17)18)9(19,20)21/h3-5H,1-2H3.